The van der Waals surface area contributed by atoms with E-state index in [1.165, 1.54) is 25.9 Å². The van der Waals surface area contributed by atoms with Crippen molar-refractivity contribution in [2.24, 2.45) is 5.92 Å². The van der Waals surface area contributed by atoms with E-state index >= 15 is 0 Å². The fraction of sp³-hybridized carbons (Fsp3) is 1.00. The molecule has 0 aromatic carbocycles. The van der Waals surface area contributed by atoms with Gasteiger partial charge in [0.25, 0.3) is 0 Å². The van der Waals surface area contributed by atoms with Gasteiger partial charge in [0.1, 0.15) is 0 Å². The Labute approximate surface area is 75.9 Å². The molecule has 1 aliphatic rings. The zero-order valence-corrected chi connectivity index (χ0v) is 8.55. The van der Waals surface area contributed by atoms with Crippen molar-refractivity contribution in [1.29, 1.82) is 0 Å². The zero-order valence-electron chi connectivity index (χ0n) is 8.55. The third-order valence-corrected chi connectivity index (χ3v) is 2.39. The SMILES string of the molecule is CC(C)OC[C@H]1CCCN(C)C1. The molecule has 0 amide bonds. The fourth-order valence-corrected chi connectivity index (χ4v) is 1.74. The fourth-order valence-electron chi connectivity index (χ4n) is 1.74. The lowest BCUT2D eigenvalue weighted by Crippen LogP contribution is -2.34. The Morgan fingerprint density at radius 3 is 2.83 bits per heavy atom. The van der Waals surface area contributed by atoms with Crippen LogP contribution < -0.4 is 0 Å². The van der Waals surface area contributed by atoms with Crippen LogP contribution in [0.25, 0.3) is 0 Å². The minimum atomic E-state index is 0.386. The van der Waals surface area contributed by atoms with Crippen LogP contribution in [0.1, 0.15) is 26.7 Å². The lowest BCUT2D eigenvalue weighted by Gasteiger charge is -2.29. The van der Waals surface area contributed by atoms with E-state index < -0.39 is 0 Å². The molecule has 0 aromatic rings. The van der Waals surface area contributed by atoms with Crippen molar-refractivity contribution in [2.45, 2.75) is 32.8 Å². The molecule has 0 radical (unpaired) electrons. The zero-order chi connectivity index (χ0) is 8.97. The average Bonchev–Trinajstić information content (AvgIpc) is 2.01. The van der Waals surface area contributed by atoms with E-state index in [4.69, 9.17) is 4.74 Å². The first-order chi connectivity index (χ1) is 5.68. The molecule has 1 rings (SSSR count). The van der Waals surface area contributed by atoms with E-state index in [1.54, 1.807) is 0 Å². The van der Waals surface area contributed by atoms with Crippen LogP contribution in [0, 0.1) is 5.92 Å². The van der Waals surface area contributed by atoms with Crippen LogP contribution in [-0.4, -0.2) is 37.7 Å². The molecule has 0 N–H and O–H groups in total. The summed E-state index contributed by atoms with van der Waals surface area (Å²) >= 11 is 0. The Morgan fingerprint density at radius 2 is 2.25 bits per heavy atom. The summed E-state index contributed by atoms with van der Waals surface area (Å²) in [6.07, 6.45) is 3.07. The van der Waals surface area contributed by atoms with Gasteiger partial charge in [0.2, 0.25) is 0 Å². The minimum absolute atomic E-state index is 0.386. The lowest BCUT2D eigenvalue weighted by molar-refractivity contribution is 0.0303. The molecule has 2 nitrogen and oxygen atoms in total. The third-order valence-electron chi connectivity index (χ3n) is 2.39. The summed E-state index contributed by atoms with van der Waals surface area (Å²) in [5, 5.41) is 0. The van der Waals surface area contributed by atoms with Crippen LogP contribution in [0.15, 0.2) is 0 Å². The Morgan fingerprint density at radius 1 is 1.50 bits per heavy atom. The van der Waals surface area contributed by atoms with Crippen LogP contribution >= 0.6 is 0 Å². The van der Waals surface area contributed by atoms with E-state index in [9.17, 15) is 0 Å². The van der Waals surface area contributed by atoms with Gasteiger partial charge in [-0.15, -0.1) is 0 Å². The molecule has 0 saturated carbocycles. The summed E-state index contributed by atoms with van der Waals surface area (Å²) in [6, 6.07) is 0. The quantitative estimate of drug-likeness (QED) is 0.641. The van der Waals surface area contributed by atoms with Crippen LogP contribution in [0.4, 0.5) is 0 Å². The van der Waals surface area contributed by atoms with Gasteiger partial charge in [-0.25, -0.2) is 0 Å². The van der Waals surface area contributed by atoms with Crippen LogP contribution in [-0.2, 0) is 4.74 Å². The Kier molecular flexibility index (Phi) is 4.02. The minimum Gasteiger partial charge on any atom is -0.378 e. The second-order valence-corrected chi connectivity index (χ2v) is 4.15. The predicted molar refractivity (Wildman–Crippen MR) is 51.3 cm³/mol. The largest absolute Gasteiger partial charge is 0.378 e. The van der Waals surface area contributed by atoms with Gasteiger partial charge in [0, 0.05) is 6.54 Å². The van der Waals surface area contributed by atoms with Crippen LogP contribution in [0.5, 0.6) is 0 Å². The molecule has 0 bridgehead atoms. The summed E-state index contributed by atoms with van der Waals surface area (Å²) in [4.78, 5) is 2.40. The Bertz CT molecular complexity index is 125. The lowest BCUT2D eigenvalue weighted by atomic mass is 9.99. The molecule has 0 aromatic heterocycles. The van der Waals surface area contributed by atoms with Gasteiger partial charge in [-0.1, -0.05) is 0 Å². The number of piperidine rings is 1. The van der Waals surface area contributed by atoms with Gasteiger partial charge >= 0.3 is 0 Å². The van der Waals surface area contributed by atoms with Crippen molar-refractivity contribution < 1.29 is 4.74 Å². The highest BCUT2D eigenvalue weighted by Gasteiger charge is 2.17. The number of hydrogen-bond donors (Lipinski definition) is 0. The van der Waals surface area contributed by atoms with Gasteiger partial charge < -0.3 is 9.64 Å². The molecule has 0 aliphatic carbocycles. The van der Waals surface area contributed by atoms with E-state index in [-0.39, 0.29) is 0 Å². The molecular weight excluding hydrogens is 150 g/mol. The summed E-state index contributed by atoms with van der Waals surface area (Å²) < 4.78 is 5.60. The smallest absolute Gasteiger partial charge is 0.0519 e. The van der Waals surface area contributed by atoms with Gasteiger partial charge in [-0.3, -0.25) is 0 Å². The monoisotopic (exact) mass is 171 g/mol. The number of hydrogen-bond acceptors (Lipinski definition) is 2. The molecule has 12 heavy (non-hydrogen) atoms. The van der Waals surface area contributed by atoms with E-state index in [1.807, 2.05) is 0 Å². The molecule has 1 aliphatic heterocycles. The van der Waals surface area contributed by atoms with Gasteiger partial charge in [0.05, 0.1) is 12.7 Å². The number of nitrogens with zero attached hydrogens (tertiary/aromatic N) is 1. The summed E-state index contributed by atoms with van der Waals surface area (Å²) in [5.41, 5.74) is 0. The molecule has 72 valence electrons. The first-order valence-corrected chi connectivity index (χ1v) is 4.98. The standard InChI is InChI=1S/C10H21NO/c1-9(2)12-8-10-5-4-6-11(3)7-10/h9-10H,4-8H2,1-3H3/t10-/m0/s1. The van der Waals surface area contributed by atoms with Gasteiger partial charge in [-0.2, -0.15) is 0 Å². The van der Waals surface area contributed by atoms with Crippen molar-refractivity contribution in [3.05, 3.63) is 0 Å². The molecule has 0 spiro atoms. The highest BCUT2D eigenvalue weighted by atomic mass is 16.5. The number of ether oxygens (including phenoxy) is 1. The molecule has 2 heteroatoms. The number of likely N-dealkylation sites (tertiary alicyclic amines) is 1. The maximum absolute atomic E-state index is 5.60. The van der Waals surface area contributed by atoms with Crippen molar-refractivity contribution in [3.8, 4) is 0 Å². The first-order valence-electron chi connectivity index (χ1n) is 4.98. The maximum atomic E-state index is 5.60. The van der Waals surface area contributed by atoms with Crippen LogP contribution in [0.3, 0.4) is 0 Å². The van der Waals surface area contributed by atoms with E-state index in [0.717, 1.165) is 12.5 Å². The summed E-state index contributed by atoms with van der Waals surface area (Å²) in [7, 11) is 2.20. The second kappa shape index (κ2) is 4.83. The molecule has 0 unspecified atom stereocenters. The van der Waals surface area contributed by atoms with Crippen molar-refractivity contribution in [2.75, 3.05) is 26.7 Å². The number of rotatable bonds is 3. The maximum Gasteiger partial charge on any atom is 0.0519 e. The molecule has 1 heterocycles. The third kappa shape index (κ3) is 3.55. The molecule has 1 saturated heterocycles. The second-order valence-electron chi connectivity index (χ2n) is 4.15. The summed E-state index contributed by atoms with van der Waals surface area (Å²) in [5.74, 6) is 0.770. The van der Waals surface area contributed by atoms with E-state index in [2.05, 4.69) is 25.8 Å². The first kappa shape index (κ1) is 10.0. The van der Waals surface area contributed by atoms with Gasteiger partial charge in [0.15, 0.2) is 0 Å². The topological polar surface area (TPSA) is 12.5 Å². The van der Waals surface area contributed by atoms with Gasteiger partial charge in [-0.05, 0) is 46.2 Å². The summed E-state index contributed by atoms with van der Waals surface area (Å²) in [6.45, 7) is 7.63. The van der Waals surface area contributed by atoms with Crippen molar-refractivity contribution in [3.63, 3.8) is 0 Å². The van der Waals surface area contributed by atoms with Crippen LogP contribution in [0.2, 0.25) is 0 Å². The predicted octanol–water partition coefficient (Wildman–Crippen LogP) is 1.75. The Balaban J connectivity index is 2.14. The highest BCUT2D eigenvalue weighted by molar-refractivity contribution is 4.70. The van der Waals surface area contributed by atoms with E-state index in [0.29, 0.717) is 6.10 Å². The van der Waals surface area contributed by atoms with Crippen molar-refractivity contribution in [1.82, 2.24) is 4.90 Å². The average molecular weight is 171 g/mol. The molecule has 1 atom stereocenters. The highest BCUT2D eigenvalue weighted by Crippen LogP contribution is 2.15. The molecule has 1 fully saturated rings. The normalized spacial score (nSPS) is 26.5. The van der Waals surface area contributed by atoms with Crippen molar-refractivity contribution >= 4 is 0 Å². The Hall–Kier alpha value is -0.0800. The molecular formula is C10H21NO.